The fourth-order valence-electron chi connectivity index (χ4n) is 5.86. The molecule has 0 aromatic rings. The van der Waals surface area contributed by atoms with Gasteiger partial charge in [-0.1, -0.05) is 18.6 Å². The van der Waals surface area contributed by atoms with Crippen LogP contribution in [0.1, 0.15) is 65.7 Å². The standard InChI is InChI=1S/C18H31N/c1-4-19-17(5-13(2)3)12-18-9-14-6-15(10-18)8-16(7-14)11-18/h5,14-17,19H,4,6-12H2,1-3H3. The van der Waals surface area contributed by atoms with E-state index < -0.39 is 0 Å². The Morgan fingerprint density at radius 2 is 1.63 bits per heavy atom. The van der Waals surface area contributed by atoms with Crippen molar-refractivity contribution in [3.63, 3.8) is 0 Å². The lowest BCUT2D eigenvalue weighted by Gasteiger charge is -2.57. The van der Waals surface area contributed by atoms with Gasteiger partial charge in [0.1, 0.15) is 0 Å². The molecular formula is C18H31N. The van der Waals surface area contributed by atoms with Crippen molar-refractivity contribution in [1.82, 2.24) is 5.32 Å². The Bertz CT molecular complexity index is 315. The lowest BCUT2D eigenvalue weighted by atomic mass is 9.48. The van der Waals surface area contributed by atoms with E-state index in [0.717, 1.165) is 24.3 Å². The van der Waals surface area contributed by atoms with Crippen LogP contribution in [0.4, 0.5) is 0 Å². The first kappa shape index (κ1) is 13.7. The summed E-state index contributed by atoms with van der Waals surface area (Å²) in [5.41, 5.74) is 2.17. The molecule has 4 fully saturated rings. The van der Waals surface area contributed by atoms with Gasteiger partial charge in [-0.05, 0) is 88.5 Å². The lowest BCUT2D eigenvalue weighted by molar-refractivity contribution is -0.0598. The van der Waals surface area contributed by atoms with Crippen LogP contribution in [-0.2, 0) is 0 Å². The van der Waals surface area contributed by atoms with E-state index >= 15 is 0 Å². The summed E-state index contributed by atoms with van der Waals surface area (Å²) < 4.78 is 0. The molecule has 1 nitrogen and oxygen atoms in total. The molecule has 4 bridgehead atoms. The Balaban J connectivity index is 1.72. The zero-order valence-corrected chi connectivity index (χ0v) is 13.0. The molecule has 4 aliphatic carbocycles. The van der Waals surface area contributed by atoms with E-state index in [1.54, 1.807) is 38.5 Å². The number of likely N-dealkylation sites (N-methyl/N-ethyl adjacent to an activating group) is 1. The molecule has 19 heavy (non-hydrogen) atoms. The molecule has 108 valence electrons. The average molecular weight is 261 g/mol. The second kappa shape index (κ2) is 5.24. The van der Waals surface area contributed by atoms with Crippen LogP contribution in [0.15, 0.2) is 11.6 Å². The van der Waals surface area contributed by atoms with Gasteiger partial charge < -0.3 is 5.32 Å². The Labute approximate surface area is 119 Å². The summed E-state index contributed by atoms with van der Waals surface area (Å²) in [5, 5.41) is 3.71. The van der Waals surface area contributed by atoms with Gasteiger partial charge in [0.05, 0.1) is 0 Å². The Kier molecular flexibility index (Phi) is 3.77. The van der Waals surface area contributed by atoms with Crippen molar-refractivity contribution >= 4 is 0 Å². The van der Waals surface area contributed by atoms with Gasteiger partial charge in [0, 0.05) is 6.04 Å². The summed E-state index contributed by atoms with van der Waals surface area (Å²) in [6.07, 6.45) is 13.2. The van der Waals surface area contributed by atoms with Crippen molar-refractivity contribution in [2.24, 2.45) is 23.2 Å². The minimum absolute atomic E-state index is 0.617. The maximum absolute atomic E-state index is 3.71. The zero-order chi connectivity index (χ0) is 13.5. The number of hydrogen-bond acceptors (Lipinski definition) is 1. The zero-order valence-electron chi connectivity index (χ0n) is 13.0. The van der Waals surface area contributed by atoms with Crippen molar-refractivity contribution in [3.8, 4) is 0 Å². The molecule has 0 aromatic carbocycles. The quantitative estimate of drug-likeness (QED) is 0.717. The molecule has 0 aliphatic heterocycles. The topological polar surface area (TPSA) is 12.0 Å². The second-order valence-electron chi connectivity index (χ2n) is 8.03. The van der Waals surface area contributed by atoms with Crippen molar-refractivity contribution in [2.75, 3.05) is 6.54 Å². The Morgan fingerprint density at radius 1 is 1.11 bits per heavy atom. The first-order chi connectivity index (χ1) is 9.08. The maximum Gasteiger partial charge on any atom is 0.0257 e. The summed E-state index contributed by atoms with van der Waals surface area (Å²) in [6, 6.07) is 0.617. The SMILES string of the molecule is CCNC(C=C(C)C)CC12CC3CC(CC(C3)C1)C2. The van der Waals surface area contributed by atoms with Gasteiger partial charge in [-0.15, -0.1) is 0 Å². The molecular weight excluding hydrogens is 230 g/mol. The van der Waals surface area contributed by atoms with Crippen molar-refractivity contribution in [2.45, 2.75) is 71.8 Å². The van der Waals surface area contributed by atoms with Crippen molar-refractivity contribution < 1.29 is 0 Å². The van der Waals surface area contributed by atoms with Gasteiger partial charge in [-0.2, -0.15) is 0 Å². The van der Waals surface area contributed by atoms with Gasteiger partial charge in [0.15, 0.2) is 0 Å². The normalized spacial score (nSPS) is 41.3. The Morgan fingerprint density at radius 3 is 2.05 bits per heavy atom. The van der Waals surface area contributed by atoms with Crippen LogP contribution in [0.2, 0.25) is 0 Å². The third-order valence-electron chi connectivity index (χ3n) is 5.82. The molecule has 0 spiro atoms. The molecule has 1 N–H and O–H groups in total. The van der Waals surface area contributed by atoms with Gasteiger partial charge in [-0.3, -0.25) is 0 Å². The van der Waals surface area contributed by atoms with Crippen LogP contribution in [0.25, 0.3) is 0 Å². The van der Waals surface area contributed by atoms with Crippen molar-refractivity contribution in [1.29, 1.82) is 0 Å². The number of allylic oxidation sites excluding steroid dienone is 1. The summed E-state index contributed by atoms with van der Waals surface area (Å²) in [5.74, 6) is 3.25. The summed E-state index contributed by atoms with van der Waals surface area (Å²) >= 11 is 0. The highest BCUT2D eigenvalue weighted by Gasteiger charge is 2.51. The highest BCUT2D eigenvalue weighted by atomic mass is 14.9. The van der Waals surface area contributed by atoms with Crippen LogP contribution in [-0.4, -0.2) is 12.6 Å². The molecule has 0 saturated heterocycles. The van der Waals surface area contributed by atoms with E-state index in [0.29, 0.717) is 11.5 Å². The molecule has 0 heterocycles. The van der Waals surface area contributed by atoms with E-state index in [1.807, 2.05) is 0 Å². The largest absolute Gasteiger partial charge is 0.311 e. The molecule has 0 amide bonds. The molecule has 0 radical (unpaired) electrons. The predicted octanol–water partition coefficient (Wildman–Crippen LogP) is 4.54. The van der Waals surface area contributed by atoms with Gasteiger partial charge in [-0.25, -0.2) is 0 Å². The third-order valence-corrected chi connectivity index (χ3v) is 5.82. The van der Waals surface area contributed by atoms with E-state index in [2.05, 4.69) is 32.2 Å². The molecule has 1 heteroatoms. The first-order valence-corrected chi connectivity index (χ1v) is 8.47. The fraction of sp³-hybridized carbons (Fsp3) is 0.889. The highest BCUT2D eigenvalue weighted by molar-refractivity contribution is 5.07. The number of rotatable bonds is 5. The first-order valence-electron chi connectivity index (χ1n) is 8.47. The molecule has 1 atom stereocenters. The fourth-order valence-corrected chi connectivity index (χ4v) is 5.86. The molecule has 4 saturated carbocycles. The van der Waals surface area contributed by atoms with Crippen LogP contribution < -0.4 is 5.32 Å². The van der Waals surface area contributed by atoms with Crippen LogP contribution in [0.5, 0.6) is 0 Å². The van der Waals surface area contributed by atoms with Gasteiger partial charge in [0.25, 0.3) is 0 Å². The summed E-state index contributed by atoms with van der Waals surface area (Å²) in [4.78, 5) is 0. The van der Waals surface area contributed by atoms with Gasteiger partial charge >= 0.3 is 0 Å². The molecule has 0 aromatic heterocycles. The smallest absolute Gasteiger partial charge is 0.0257 e. The summed E-state index contributed by atoms with van der Waals surface area (Å²) in [7, 11) is 0. The van der Waals surface area contributed by atoms with Crippen LogP contribution >= 0.6 is 0 Å². The highest BCUT2D eigenvalue weighted by Crippen LogP contribution is 2.61. The number of hydrogen-bond donors (Lipinski definition) is 1. The average Bonchev–Trinajstić information content (AvgIpc) is 2.25. The molecule has 1 unspecified atom stereocenters. The van der Waals surface area contributed by atoms with E-state index in [9.17, 15) is 0 Å². The van der Waals surface area contributed by atoms with Crippen LogP contribution in [0.3, 0.4) is 0 Å². The van der Waals surface area contributed by atoms with E-state index in [4.69, 9.17) is 0 Å². The van der Waals surface area contributed by atoms with Crippen LogP contribution in [0, 0.1) is 23.2 Å². The van der Waals surface area contributed by atoms with Crippen molar-refractivity contribution in [3.05, 3.63) is 11.6 Å². The van der Waals surface area contributed by atoms with Gasteiger partial charge in [0.2, 0.25) is 0 Å². The summed E-state index contributed by atoms with van der Waals surface area (Å²) in [6.45, 7) is 7.82. The van der Waals surface area contributed by atoms with E-state index in [-0.39, 0.29) is 0 Å². The maximum atomic E-state index is 3.71. The lowest BCUT2D eigenvalue weighted by Crippen LogP contribution is -2.48. The monoisotopic (exact) mass is 261 g/mol. The predicted molar refractivity (Wildman–Crippen MR) is 82.1 cm³/mol. The Hall–Kier alpha value is -0.300. The number of nitrogens with one attached hydrogen (secondary N) is 1. The molecule has 4 aliphatic rings. The van der Waals surface area contributed by atoms with E-state index in [1.165, 1.54) is 12.0 Å². The second-order valence-corrected chi connectivity index (χ2v) is 8.03. The minimum Gasteiger partial charge on any atom is -0.311 e. The minimum atomic E-state index is 0.617. The molecule has 4 rings (SSSR count). The third kappa shape index (κ3) is 2.91.